The second kappa shape index (κ2) is 3.33. The van der Waals surface area contributed by atoms with Gasteiger partial charge in [-0.2, -0.15) is 4.98 Å². The molecule has 0 radical (unpaired) electrons. The molecule has 0 unspecified atom stereocenters. The fourth-order valence-electron chi connectivity index (χ4n) is 1.62. The monoisotopic (exact) mass is 220 g/mol. The van der Waals surface area contributed by atoms with Gasteiger partial charge in [0.15, 0.2) is 5.82 Å². The van der Waals surface area contributed by atoms with Crippen LogP contribution in [-0.4, -0.2) is 19.3 Å². The minimum Gasteiger partial charge on any atom is -0.337 e. The van der Waals surface area contributed by atoms with Gasteiger partial charge in [-0.1, -0.05) is 5.16 Å². The van der Waals surface area contributed by atoms with Crippen molar-refractivity contribution < 1.29 is 4.52 Å². The van der Waals surface area contributed by atoms with E-state index in [4.69, 9.17) is 4.52 Å². The Morgan fingerprint density at radius 2 is 2.31 bits per heavy atom. The van der Waals surface area contributed by atoms with E-state index < -0.39 is 0 Å². The third-order valence-electron chi connectivity index (χ3n) is 2.75. The van der Waals surface area contributed by atoms with Crippen molar-refractivity contribution >= 4 is 0 Å². The van der Waals surface area contributed by atoms with Crippen LogP contribution in [0.25, 0.3) is 0 Å². The molecule has 0 N–H and O–H groups in total. The highest BCUT2D eigenvalue weighted by molar-refractivity contribution is 5.03. The summed E-state index contributed by atoms with van der Waals surface area (Å²) in [4.78, 5) is 15.8. The quantitative estimate of drug-likeness (QED) is 0.755. The molecule has 1 aliphatic rings. The van der Waals surface area contributed by atoms with Gasteiger partial charge in [0.2, 0.25) is 5.89 Å². The third kappa shape index (κ3) is 1.56. The Hall–Kier alpha value is -1.85. The van der Waals surface area contributed by atoms with Crippen molar-refractivity contribution in [3.63, 3.8) is 0 Å². The lowest BCUT2D eigenvalue weighted by Gasteiger charge is -1.93. The van der Waals surface area contributed by atoms with Gasteiger partial charge in [-0.25, -0.2) is 4.79 Å². The number of imidazole rings is 1. The van der Waals surface area contributed by atoms with Crippen LogP contribution in [0, 0.1) is 0 Å². The standard InChI is InChI=1S/C10H12N4O2/c1-13-4-5-14(10(13)15)6-8-11-9(12-16-8)7-2-3-7/h4-5,7H,2-3,6H2,1H3. The summed E-state index contributed by atoms with van der Waals surface area (Å²) >= 11 is 0. The lowest BCUT2D eigenvalue weighted by Crippen LogP contribution is -2.22. The lowest BCUT2D eigenvalue weighted by atomic mass is 10.4. The summed E-state index contributed by atoms with van der Waals surface area (Å²) in [7, 11) is 1.71. The number of rotatable bonds is 3. The summed E-state index contributed by atoms with van der Waals surface area (Å²) in [5, 5.41) is 3.90. The summed E-state index contributed by atoms with van der Waals surface area (Å²) in [5.74, 6) is 1.75. The molecule has 2 aromatic heterocycles. The molecule has 3 rings (SSSR count). The molecule has 1 saturated carbocycles. The zero-order valence-corrected chi connectivity index (χ0v) is 8.96. The first-order valence-electron chi connectivity index (χ1n) is 5.28. The average Bonchev–Trinajstić information content (AvgIpc) is 2.96. The highest BCUT2D eigenvalue weighted by Crippen LogP contribution is 2.38. The van der Waals surface area contributed by atoms with Gasteiger partial charge in [0, 0.05) is 25.4 Å². The first-order chi connectivity index (χ1) is 7.74. The van der Waals surface area contributed by atoms with Crippen LogP contribution in [0.2, 0.25) is 0 Å². The van der Waals surface area contributed by atoms with E-state index in [0.29, 0.717) is 18.4 Å². The molecule has 6 heteroatoms. The molecule has 6 nitrogen and oxygen atoms in total. The van der Waals surface area contributed by atoms with E-state index in [0.717, 1.165) is 18.7 Å². The smallest absolute Gasteiger partial charge is 0.328 e. The normalized spacial score (nSPS) is 15.6. The van der Waals surface area contributed by atoms with Gasteiger partial charge >= 0.3 is 5.69 Å². The second-order valence-corrected chi connectivity index (χ2v) is 4.14. The second-order valence-electron chi connectivity index (χ2n) is 4.14. The summed E-state index contributed by atoms with van der Waals surface area (Å²) in [5.41, 5.74) is -0.0776. The van der Waals surface area contributed by atoms with E-state index in [9.17, 15) is 4.79 Å². The molecular formula is C10H12N4O2. The van der Waals surface area contributed by atoms with Crippen LogP contribution < -0.4 is 5.69 Å². The predicted molar refractivity (Wildman–Crippen MR) is 55.0 cm³/mol. The highest BCUT2D eigenvalue weighted by atomic mass is 16.5. The SMILES string of the molecule is Cn1ccn(Cc2nc(C3CC3)no2)c1=O. The summed E-state index contributed by atoms with van der Waals surface area (Å²) < 4.78 is 8.16. The Labute approximate surface area is 91.5 Å². The molecule has 0 bridgehead atoms. The maximum absolute atomic E-state index is 11.6. The van der Waals surface area contributed by atoms with E-state index in [2.05, 4.69) is 10.1 Å². The van der Waals surface area contributed by atoms with Crippen LogP contribution in [0.15, 0.2) is 21.7 Å². The van der Waals surface area contributed by atoms with E-state index in [1.807, 2.05) is 0 Å². The Morgan fingerprint density at radius 3 is 2.94 bits per heavy atom. The van der Waals surface area contributed by atoms with Gasteiger partial charge in [-0.3, -0.25) is 4.57 Å². The average molecular weight is 220 g/mol. The maximum atomic E-state index is 11.6. The molecule has 1 fully saturated rings. The van der Waals surface area contributed by atoms with E-state index in [1.165, 1.54) is 4.57 Å². The zero-order valence-electron chi connectivity index (χ0n) is 8.96. The summed E-state index contributed by atoms with van der Waals surface area (Å²) in [6.07, 6.45) is 5.71. The Morgan fingerprint density at radius 1 is 1.50 bits per heavy atom. The van der Waals surface area contributed by atoms with Crippen LogP contribution in [0.1, 0.15) is 30.5 Å². The van der Waals surface area contributed by atoms with Crippen LogP contribution in [0.3, 0.4) is 0 Å². The van der Waals surface area contributed by atoms with Crippen molar-refractivity contribution in [2.75, 3.05) is 0 Å². The van der Waals surface area contributed by atoms with E-state index in [1.54, 1.807) is 24.0 Å². The largest absolute Gasteiger partial charge is 0.337 e. The first kappa shape index (κ1) is 9.38. The molecule has 2 aromatic rings. The van der Waals surface area contributed by atoms with Gasteiger partial charge < -0.3 is 9.09 Å². The van der Waals surface area contributed by atoms with Crippen LogP contribution in [0.4, 0.5) is 0 Å². The Kier molecular flexibility index (Phi) is 1.95. The fourth-order valence-corrected chi connectivity index (χ4v) is 1.62. The van der Waals surface area contributed by atoms with Crippen LogP contribution in [0.5, 0.6) is 0 Å². The molecule has 84 valence electrons. The number of aryl methyl sites for hydroxylation is 1. The number of hydrogen-bond acceptors (Lipinski definition) is 4. The molecule has 0 aliphatic heterocycles. The van der Waals surface area contributed by atoms with Crippen molar-refractivity contribution in [1.82, 2.24) is 19.3 Å². The third-order valence-corrected chi connectivity index (χ3v) is 2.75. The minimum atomic E-state index is -0.0776. The van der Waals surface area contributed by atoms with E-state index >= 15 is 0 Å². The number of nitrogens with zero attached hydrogens (tertiary/aromatic N) is 4. The molecule has 0 amide bonds. The van der Waals surface area contributed by atoms with Gasteiger partial charge in [-0.15, -0.1) is 0 Å². The van der Waals surface area contributed by atoms with Crippen molar-refractivity contribution in [3.8, 4) is 0 Å². The molecule has 0 spiro atoms. The zero-order chi connectivity index (χ0) is 11.1. The molecule has 0 saturated heterocycles. The first-order valence-corrected chi connectivity index (χ1v) is 5.28. The predicted octanol–water partition coefficient (Wildman–Crippen LogP) is 0.495. The summed E-state index contributed by atoms with van der Waals surface area (Å²) in [6, 6.07) is 0. The van der Waals surface area contributed by atoms with Crippen LogP contribution in [-0.2, 0) is 13.6 Å². The Balaban J connectivity index is 1.82. The van der Waals surface area contributed by atoms with Gasteiger partial charge in [-0.05, 0) is 12.8 Å². The Bertz CT molecular complexity index is 561. The molecule has 1 aliphatic carbocycles. The van der Waals surface area contributed by atoms with Gasteiger partial charge in [0.05, 0.1) is 0 Å². The van der Waals surface area contributed by atoms with E-state index in [-0.39, 0.29) is 5.69 Å². The van der Waals surface area contributed by atoms with Gasteiger partial charge in [0.25, 0.3) is 0 Å². The van der Waals surface area contributed by atoms with Crippen molar-refractivity contribution in [2.45, 2.75) is 25.3 Å². The molecule has 0 aromatic carbocycles. The topological polar surface area (TPSA) is 65.8 Å². The molecule has 16 heavy (non-hydrogen) atoms. The fraction of sp³-hybridized carbons (Fsp3) is 0.500. The van der Waals surface area contributed by atoms with Crippen molar-refractivity contribution in [3.05, 3.63) is 34.6 Å². The molecule has 0 atom stereocenters. The minimum absolute atomic E-state index is 0.0776. The summed E-state index contributed by atoms with van der Waals surface area (Å²) in [6.45, 7) is 0.347. The lowest BCUT2D eigenvalue weighted by molar-refractivity contribution is 0.364. The molecular weight excluding hydrogens is 208 g/mol. The maximum Gasteiger partial charge on any atom is 0.328 e. The van der Waals surface area contributed by atoms with Crippen LogP contribution >= 0.6 is 0 Å². The van der Waals surface area contributed by atoms with Crippen molar-refractivity contribution in [2.24, 2.45) is 7.05 Å². The molecule has 2 heterocycles. The number of aromatic nitrogens is 4. The van der Waals surface area contributed by atoms with Gasteiger partial charge in [0.1, 0.15) is 6.54 Å². The van der Waals surface area contributed by atoms with Crippen molar-refractivity contribution in [1.29, 1.82) is 0 Å². The number of hydrogen-bond donors (Lipinski definition) is 0. The highest BCUT2D eigenvalue weighted by Gasteiger charge is 2.28.